The highest BCUT2D eigenvalue weighted by molar-refractivity contribution is 7.89. The van der Waals surface area contributed by atoms with Crippen LogP contribution in [0.25, 0.3) is 0 Å². The van der Waals surface area contributed by atoms with Gasteiger partial charge in [0.25, 0.3) is 5.89 Å². The molecule has 0 radical (unpaired) electrons. The number of esters is 1. The maximum atomic E-state index is 12.2. The summed E-state index contributed by atoms with van der Waals surface area (Å²) in [4.78, 5) is 26.6. The Bertz CT molecular complexity index is 892. The van der Waals surface area contributed by atoms with Crippen LogP contribution in [0.15, 0.2) is 33.7 Å². The number of amides is 1. The number of rotatable bonds is 9. The van der Waals surface area contributed by atoms with Gasteiger partial charge in [-0.05, 0) is 24.3 Å². The number of anilines is 1. The maximum Gasteiger partial charge on any atom is 0.307 e. The van der Waals surface area contributed by atoms with E-state index in [1.807, 2.05) is 6.92 Å². The Morgan fingerprint density at radius 1 is 1.22 bits per heavy atom. The molecule has 1 heterocycles. The first kappa shape index (κ1) is 20.5. The number of carbonyl (C=O) groups excluding carboxylic acids is 2. The lowest BCUT2D eigenvalue weighted by Gasteiger charge is -2.08. The zero-order valence-corrected chi connectivity index (χ0v) is 15.7. The van der Waals surface area contributed by atoms with Crippen molar-refractivity contribution in [1.82, 2.24) is 14.9 Å². The molecule has 0 fully saturated rings. The molecule has 11 heteroatoms. The fourth-order valence-electron chi connectivity index (χ4n) is 2.00. The van der Waals surface area contributed by atoms with Crippen LogP contribution in [0.5, 0.6) is 0 Å². The SMILES string of the molecule is CCc1noc(COC(=O)CCNS(=O)(=O)c2ccc(NC(C)=O)cc2)n1. The first-order valence-corrected chi connectivity index (χ1v) is 9.63. The lowest BCUT2D eigenvalue weighted by Crippen LogP contribution is -2.26. The van der Waals surface area contributed by atoms with Gasteiger partial charge in [0.05, 0.1) is 11.3 Å². The fourth-order valence-corrected chi connectivity index (χ4v) is 3.03. The van der Waals surface area contributed by atoms with Gasteiger partial charge in [-0.1, -0.05) is 12.1 Å². The van der Waals surface area contributed by atoms with Gasteiger partial charge in [0.2, 0.25) is 15.9 Å². The molecular formula is C16H20N4O6S. The van der Waals surface area contributed by atoms with Gasteiger partial charge in [-0.2, -0.15) is 4.98 Å². The van der Waals surface area contributed by atoms with Crippen molar-refractivity contribution < 1.29 is 27.3 Å². The Hall–Kier alpha value is -2.79. The molecule has 0 saturated heterocycles. The molecular weight excluding hydrogens is 376 g/mol. The number of carbonyl (C=O) groups is 2. The average molecular weight is 396 g/mol. The monoisotopic (exact) mass is 396 g/mol. The minimum atomic E-state index is -3.78. The van der Waals surface area contributed by atoms with E-state index in [0.717, 1.165) is 0 Å². The van der Waals surface area contributed by atoms with Gasteiger partial charge in [0.1, 0.15) is 0 Å². The highest BCUT2D eigenvalue weighted by Gasteiger charge is 2.15. The molecule has 2 aromatic rings. The summed E-state index contributed by atoms with van der Waals surface area (Å²) in [6.07, 6.45) is 0.447. The summed E-state index contributed by atoms with van der Waals surface area (Å²) in [6.45, 7) is 2.93. The summed E-state index contributed by atoms with van der Waals surface area (Å²) in [5, 5.41) is 6.21. The van der Waals surface area contributed by atoms with Crippen LogP contribution in [0.3, 0.4) is 0 Å². The smallest absolute Gasteiger partial charge is 0.307 e. The van der Waals surface area contributed by atoms with E-state index in [1.165, 1.54) is 31.2 Å². The van der Waals surface area contributed by atoms with E-state index in [2.05, 4.69) is 20.2 Å². The Morgan fingerprint density at radius 3 is 2.52 bits per heavy atom. The number of nitrogens with one attached hydrogen (secondary N) is 2. The molecule has 2 N–H and O–H groups in total. The van der Waals surface area contributed by atoms with Gasteiger partial charge < -0.3 is 14.6 Å². The molecule has 10 nitrogen and oxygen atoms in total. The Kier molecular flexibility index (Phi) is 7.02. The normalized spacial score (nSPS) is 11.2. The van der Waals surface area contributed by atoms with Crippen LogP contribution in [0.2, 0.25) is 0 Å². The van der Waals surface area contributed by atoms with Crippen LogP contribution < -0.4 is 10.0 Å². The second-order valence-electron chi connectivity index (χ2n) is 5.47. The van der Waals surface area contributed by atoms with Crippen LogP contribution in [0.4, 0.5) is 5.69 Å². The predicted molar refractivity (Wildman–Crippen MR) is 94.0 cm³/mol. The van der Waals surface area contributed by atoms with E-state index in [1.54, 1.807) is 0 Å². The molecule has 2 rings (SSSR count). The summed E-state index contributed by atoms with van der Waals surface area (Å²) in [7, 11) is -3.78. The summed E-state index contributed by atoms with van der Waals surface area (Å²) >= 11 is 0. The van der Waals surface area contributed by atoms with Gasteiger partial charge in [0.15, 0.2) is 12.4 Å². The third-order valence-electron chi connectivity index (χ3n) is 3.29. The third-order valence-corrected chi connectivity index (χ3v) is 4.77. The standard InChI is InChI=1S/C16H20N4O6S/c1-3-14-19-15(26-20-14)10-25-16(22)8-9-17-27(23,24)13-6-4-12(5-7-13)18-11(2)21/h4-7,17H,3,8-10H2,1-2H3,(H,18,21). The molecule has 0 aliphatic carbocycles. The molecule has 1 aromatic carbocycles. The van der Waals surface area contributed by atoms with Gasteiger partial charge in [0, 0.05) is 25.6 Å². The van der Waals surface area contributed by atoms with Crippen LogP contribution >= 0.6 is 0 Å². The fraction of sp³-hybridized carbons (Fsp3) is 0.375. The van der Waals surface area contributed by atoms with Crippen molar-refractivity contribution in [2.75, 3.05) is 11.9 Å². The molecule has 0 saturated carbocycles. The predicted octanol–water partition coefficient (Wildman–Crippen LogP) is 1.00. The molecule has 1 amide bonds. The van der Waals surface area contributed by atoms with Gasteiger partial charge in [-0.3, -0.25) is 9.59 Å². The summed E-state index contributed by atoms with van der Waals surface area (Å²) in [6, 6.07) is 5.65. The lowest BCUT2D eigenvalue weighted by atomic mass is 10.3. The molecule has 0 unspecified atom stereocenters. The van der Waals surface area contributed by atoms with Crippen LogP contribution in [0, 0.1) is 0 Å². The summed E-state index contributed by atoms with van der Waals surface area (Å²) in [5.74, 6) is -0.165. The molecule has 1 aromatic heterocycles. The minimum absolute atomic E-state index is 0.0166. The lowest BCUT2D eigenvalue weighted by molar-refractivity contribution is -0.145. The number of aromatic nitrogens is 2. The van der Waals surface area contributed by atoms with Crippen molar-refractivity contribution in [1.29, 1.82) is 0 Å². The molecule has 0 spiro atoms. The first-order valence-electron chi connectivity index (χ1n) is 8.14. The Balaban J connectivity index is 1.78. The van der Waals surface area contributed by atoms with E-state index in [9.17, 15) is 18.0 Å². The first-order chi connectivity index (χ1) is 12.8. The van der Waals surface area contributed by atoms with E-state index in [4.69, 9.17) is 9.26 Å². The number of nitrogens with zero attached hydrogens (tertiary/aromatic N) is 2. The topological polar surface area (TPSA) is 140 Å². The van der Waals surface area contributed by atoms with E-state index in [0.29, 0.717) is 17.9 Å². The molecule has 0 aliphatic rings. The Morgan fingerprint density at radius 2 is 1.93 bits per heavy atom. The van der Waals surface area contributed by atoms with Crippen molar-refractivity contribution in [2.45, 2.75) is 38.2 Å². The van der Waals surface area contributed by atoms with E-state index < -0.39 is 16.0 Å². The number of hydrogen-bond acceptors (Lipinski definition) is 8. The van der Waals surface area contributed by atoms with Crippen LogP contribution in [0.1, 0.15) is 32.0 Å². The van der Waals surface area contributed by atoms with Gasteiger partial charge in [-0.25, -0.2) is 13.1 Å². The molecule has 0 bridgehead atoms. The summed E-state index contributed by atoms with van der Waals surface area (Å²) < 4.78 is 36.5. The van der Waals surface area contributed by atoms with Gasteiger partial charge in [-0.15, -0.1) is 0 Å². The highest BCUT2D eigenvalue weighted by Crippen LogP contribution is 2.14. The maximum absolute atomic E-state index is 12.2. The van der Waals surface area contributed by atoms with Crippen molar-refractivity contribution >= 4 is 27.6 Å². The third kappa shape index (κ3) is 6.46. The molecule has 0 atom stereocenters. The minimum Gasteiger partial charge on any atom is -0.456 e. The van der Waals surface area contributed by atoms with Crippen LogP contribution in [-0.2, 0) is 37.4 Å². The van der Waals surface area contributed by atoms with Gasteiger partial charge >= 0.3 is 5.97 Å². The number of ether oxygens (including phenoxy) is 1. The second-order valence-corrected chi connectivity index (χ2v) is 7.24. The number of aryl methyl sites for hydroxylation is 1. The quantitative estimate of drug-likeness (QED) is 0.598. The number of hydrogen-bond donors (Lipinski definition) is 2. The summed E-state index contributed by atoms with van der Waals surface area (Å²) in [5.41, 5.74) is 0.484. The second kappa shape index (κ2) is 9.24. The van der Waals surface area contributed by atoms with E-state index >= 15 is 0 Å². The van der Waals surface area contributed by atoms with Crippen molar-refractivity contribution in [3.8, 4) is 0 Å². The zero-order valence-electron chi connectivity index (χ0n) is 14.9. The van der Waals surface area contributed by atoms with Crippen molar-refractivity contribution in [3.05, 3.63) is 36.0 Å². The van der Waals surface area contributed by atoms with Crippen LogP contribution in [-0.4, -0.2) is 37.0 Å². The van der Waals surface area contributed by atoms with E-state index in [-0.39, 0.29) is 36.3 Å². The zero-order chi connectivity index (χ0) is 19.9. The Labute approximate surface area is 156 Å². The molecule has 0 aliphatic heterocycles. The largest absolute Gasteiger partial charge is 0.456 e. The molecule has 146 valence electrons. The number of benzene rings is 1. The molecule has 27 heavy (non-hydrogen) atoms. The average Bonchev–Trinajstić information content (AvgIpc) is 3.08. The van der Waals surface area contributed by atoms with Crippen molar-refractivity contribution in [3.63, 3.8) is 0 Å². The highest BCUT2D eigenvalue weighted by atomic mass is 32.2. The van der Waals surface area contributed by atoms with Crippen molar-refractivity contribution in [2.24, 2.45) is 0 Å². The number of sulfonamides is 1.